The fourth-order valence-corrected chi connectivity index (χ4v) is 4.23. The van der Waals surface area contributed by atoms with Crippen molar-refractivity contribution in [3.05, 3.63) is 47.0 Å². The van der Waals surface area contributed by atoms with Gasteiger partial charge in [-0.2, -0.15) is 13.2 Å². The minimum absolute atomic E-state index is 0.0571. The van der Waals surface area contributed by atoms with E-state index in [0.717, 1.165) is 6.07 Å². The van der Waals surface area contributed by atoms with Crippen LogP contribution in [0.3, 0.4) is 0 Å². The molecule has 3 heterocycles. The second-order valence-electron chi connectivity index (χ2n) is 7.68. The van der Waals surface area contributed by atoms with Gasteiger partial charge in [0.2, 0.25) is 11.7 Å². The van der Waals surface area contributed by atoms with Crippen LogP contribution in [0.1, 0.15) is 53.3 Å². The second-order valence-corrected chi connectivity index (χ2v) is 7.68. The van der Waals surface area contributed by atoms with Crippen LogP contribution in [0.25, 0.3) is 0 Å². The fraction of sp³-hybridized carbons (Fsp3) is 0.500. The van der Waals surface area contributed by atoms with Gasteiger partial charge < -0.3 is 14.4 Å². The number of hydrogen-bond donors (Lipinski definition) is 0. The van der Waals surface area contributed by atoms with Crippen LogP contribution in [-0.2, 0) is 24.1 Å². The van der Waals surface area contributed by atoms with E-state index >= 15 is 0 Å². The summed E-state index contributed by atoms with van der Waals surface area (Å²) in [6.45, 7) is 3.44. The molecule has 2 amide bonds. The van der Waals surface area contributed by atoms with Crippen molar-refractivity contribution in [1.82, 2.24) is 24.6 Å². The molecule has 7 nitrogen and oxygen atoms in total. The maximum Gasteiger partial charge on any atom is 0.416 e. The second kappa shape index (κ2) is 7.73. The maximum absolute atomic E-state index is 13.3. The number of likely N-dealkylation sites (tertiary alicyclic amines) is 1. The zero-order valence-corrected chi connectivity index (χ0v) is 16.5. The third-order valence-electron chi connectivity index (χ3n) is 5.88. The standard InChI is InChI=1S/C20H22F3N5O2/c1-13(29)27-10-11-28-17(12-27)24-25-18(28)19(30)26-8-6-14(7-9-26)15-4-2-3-5-16(15)20(21,22)23/h2-5,14H,6-12H2,1H3. The summed E-state index contributed by atoms with van der Waals surface area (Å²) in [5, 5.41) is 8.08. The SMILES string of the molecule is CC(=O)N1CCn2c(nnc2C(=O)N2CCC(c3ccccc3C(F)(F)F)CC2)C1. The van der Waals surface area contributed by atoms with Gasteiger partial charge >= 0.3 is 6.18 Å². The number of benzene rings is 1. The average Bonchev–Trinajstić information content (AvgIpc) is 3.16. The number of amides is 2. The van der Waals surface area contributed by atoms with Gasteiger partial charge in [-0.25, -0.2) is 0 Å². The van der Waals surface area contributed by atoms with Crippen LogP contribution in [0, 0.1) is 0 Å². The number of hydrogen-bond acceptors (Lipinski definition) is 4. The summed E-state index contributed by atoms with van der Waals surface area (Å²) in [4.78, 5) is 27.8. The number of fused-ring (bicyclic) bond motifs is 1. The lowest BCUT2D eigenvalue weighted by atomic mass is 9.86. The highest BCUT2D eigenvalue weighted by molar-refractivity contribution is 5.91. The Morgan fingerprint density at radius 3 is 2.37 bits per heavy atom. The van der Waals surface area contributed by atoms with E-state index in [4.69, 9.17) is 0 Å². The summed E-state index contributed by atoms with van der Waals surface area (Å²) in [6, 6.07) is 5.65. The lowest BCUT2D eigenvalue weighted by Gasteiger charge is -2.33. The van der Waals surface area contributed by atoms with Crippen molar-refractivity contribution < 1.29 is 22.8 Å². The normalized spacial score (nSPS) is 17.7. The quantitative estimate of drug-likeness (QED) is 0.748. The van der Waals surface area contributed by atoms with E-state index in [1.54, 1.807) is 20.4 Å². The number of halogens is 3. The fourth-order valence-electron chi connectivity index (χ4n) is 4.23. The Kier molecular flexibility index (Phi) is 5.25. The topological polar surface area (TPSA) is 71.3 Å². The molecular weight excluding hydrogens is 399 g/mol. The predicted octanol–water partition coefficient (Wildman–Crippen LogP) is 2.68. The van der Waals surface area contributed by atoms with Gasteiger partial charge in [-0.1, -0.05) is 18.2 Å². The molecule has 10 heteroatoms. The number of rotatable bonds is 2. The van der Waals surface area contributed by atoms with Gasteiger partial charge in [0.1, 0.15) is 0 Å². The minimum Gasteiger partial charge on any atom is -0.336 e. The van der Waals surface area contributed by atoms with Crippen molar-refractivity contribution in [3.63, 3.8) is 0 Å². The molecule has 2 aliphatic rings. The molecule has 0 radical (unpaired) electrons. The highest BCUT2D eigenvalue weighted by atomic mass is 19.4. The summed E-state index contributed by atoms with van der Waals surface area (Å²) in [7, 11) is 0. The van der Waals surface area contributed by atoms with E-state index in [2.05, 4.69) is 10.2 Å². The van der Waals surface area contributed by atoms with E-state index in [-0.39, 0.29) is 23.6 Å². The Morgan fingerprint density at radius 1 is 1.00 bits per heavy atom. The Labute approximate surface area is 171 Å². The summed E-state index contributed by atoms with van der Waals surface area (Å²) < 4.78 is 41.7. The number of carbonyl (C=O) groups excluding carboxylic acids is 2. The molecule has 1 saturated heterocycles. The summed E-state index contributed by atoms with van der Waals surface area (Å²) in [5.74, 6) is 0.213. The first-order valence-corrected chi connectivity index (χ1v) is 9.88. The van der Waals surface area contributed by atoms with Crippen molar-refractivity contribution in [2.75, 3.05) is 19.6 Å². The molecule has 0 aliphatic carbocycles. The van der Waals surface area contributed by atoms with Crippen LogP contribution in [-0.4, -0.2) is 56.0 Å². The van der Waals surface area contributed by atoms with Crippen molar-refractivity contribution in [1.29, 1.82) is 0 Å². The van der Waals surface area contributed by atoms with E-state index in [1.807, 2.05) is 0 Å². The monoisotopic (exact) mass is 421 g/mol. The molecule has 2 aromatic rings. The van der Waals surface area contributed by atoms with E-state index in [0.29, 0.717) is 57.0 Å². The minimum atomic E-state index is -4.39. The lowest BCUT2D eigenvalue weighted by Crippen LogP contribution is -2.41. The third-order valence-corrected chi connectivity index (χ3v) is 5.88. The first-order chi connectivity index (χ1) is 14.3. The highest BCUT2D eigenvalue weighted by Crippen LogP contribution is 2.38. The molecule has 2 aliphatic heterocycles. The lowest BCUT2D eigenvalue weighted by molar-refractivity contribution is -0.138. The van der Waals surface area contributed by atoms with Crippen molar-refractivity contribution in [2.24, 2.45) is 0 Å². The molecule has 30 heavy (non-hydrogen) atoms. The van der Waals surface area contributed by atoms with Gasteiger partial charge in [-0.05, 0) is 30.4 Å². The first-order valence-electron chi connectivity index (χ1n) is 9.88. The number of piperidine rings is 1. The van der Waals surface area contributed by atoms with Gasteiger partial charge in [0.25, 0.3) is 5.91 Å². The van der Waals surface area contributed by atoms with Gasteiger partial charge in [0, 0.05) is 33.1 Å². The largest absolute Gasteiger partial charge is 0.416 e. The van der Waals surface area contributed by atoms with E-state index < -0.39 is 11.7 Å². The van der Waals surface area contributed by atoms with Crippen LogP contribution in [0.15, 0.2) is 24.3 Å². The molecule has 0 bridgehead atoms. The predicted molar refractivity (Wildman–Crippen MR) is 100 cm³/mol. The van der Waals surface area contributed by atoms with Crippen LogP contribution in [0.4, 0.5) is 13.2 Å². The molecule has 0 spiro atoms. The van der Waals surface area contributed by atoms with Gasteiger partial charge in [0.15, 0.2) is 5.82 Å². The molecule has 160 valence electrons. The summed E-state index contributed by atoms with van der Waals surface area (Å²) >= 11 is 0. The molecule has 0 atom stereocenters. The summed E-state index contributed by atoms with van der Waals surface area (Å²) in [5.41, 5.74) is -0.308. The zero-order valence-electron chi connectivity index (χ0n) is 16.5. The highest BCUT2D eigenvalue weighted by Gasteiger charge is 2.37. The van der Waals surface area contributed by atoms with Crippen molar-refractivity contribution in [3.8, 4) is 0 Å². The number of nitrogens with zero attached hydrogens (tertiary/aromatic N) is 5. The Hall–Kier alpha value is -2.91. The molecule has 1 aromatic carbocycles. The van der Waals surface area contributed by atoms with Gasteiger partial charge in [-0.3, -0.25) is 9.59 Å². The molecular formula is C20H22F3N5O2. The Morgan fingerprint density at radius 2 is 1.70 bits per heavy atom. The number of alkyl halides is 3. The molecule has 1 aromatic heterocycles. The zero-order chi connectivity index (χ0) is 21.5. The van der Waals surface area contributed by atoms with Crippen LogP contribution >= 0.6 is 0 Å². The number of aromatic nitrogens is 3. The van der Waals surface area contributed by atoms with Gasteiger partial charge in [0.05, 0.1) is 12.1 Å². The third kappa shape index (κ3) is 3.78. The average molecular weight is 421 g/mol. The van der Waals surface area contributed by atoms with E-state index in [9.17, 15) is 22.8 Å². The van der Waals surface area contributed by atoms with Crippen LogP contribution < -0.4 is 0 Å². The number of carbonyl (C=O) groups is 2. The van der Waals surface area contributed by atoms with Crippen molar-refractivity contribution >= 4 is 11.8 Å². The van der Waals surface area contributed by atoms with Gasteiger partial charge in [-0.15, -0.1) is 10.2 Å². The molecule has 0 saturated carbocycles. The van der Waals surface area contributed by atoms with Crippen LogP contribution in [0.2, 0.25) is 0 Å². The first kappa shape index (κ1) is 20.4. The molecule has 1 fully saturated rings. The summed E-state index contributed by atoms with van der Waals surface area (Å²) in [6.07, 6.45) is -3.48. The Balaban J connectivity index is 1.45. The molecule has 4 rings (SSSR count). The maximum atomic E-state index is 13.3. The smallest absolute Gasteiger partial charge is 0.336 e. The molecule has 0 unspecified atom stereocenters. The van der Waals surface area contributed by atoms with Crippen LogP contribution in [0.5, 0.6) is 0 Å². The van der Waals surface area contributed by atoms with Crippen molar-refractivity contribution in [2.45, 2.75) is 44.9 Å². The molecule has 0 N–H and O–H groups in total. The van der Waals surface area contributed by atoms with E-state index in [1.165, 1.54) is 19.1 Å². The Bertz CT molecular complexity index is 964.